The number of carbonyl (C=O) groups excluding carboxylic acids is 3. The molecule has 134 valence electrons. The van der Waals surface area contributed by atoms with Crippen molar-refractivity contribution in [1.29, 1.82) is 0 Å². The van der Waals surface area contributed by atoms with Gasteiger partial charge in [0.25, 0.3) is 11.8 Å². The maximum Gasteiger partial charge on any atom is 0.261 e. The summed E-state index contributed by atoms with van der Waals surface area (Å²) in [7, 11) is 0. The Morgan fingerprint density at radius 1 is 1.00 bits per heavy atom. The SMILES string of the molecule is O=C(CCN1C(=O)c2ccccc2C1=O)Nc1ccc(-n2cccn2)nc1. The van der Waals surface area contributed by atoms with Gasteiger partial charge in [0.2, 0.25) is 5.91 Å². The van der Waals surface area contributed by atoms with Crippen LogP contribution in [-0.4, -0.2) is 43.9 Å². The lowest BCUT2D eigenvalue weighted by molar-refractivity contribution is -0.116. The molecule has 1 N–H and O–H groups in total. The number of hydrogen-bond donors (Lipinski definition) is 1. The molecule has 1 aromatic carbocycles. The Kier molecular flexibility index (Phi) is 4.21. The minimum Gasteiger partial charge on any atom is -0.325 e. The third-order valence-electron chi connectivity index (χ3n) is 4.21. The summed E-state index contributed by atoms with van der Waals surface area (Å²) in [6.45, 7) is 0.0248. The van der Waals surface area contributed by atoms with Gasteiger partial charge in [-0.2, -0.15) is 5.10 Å². The standard InChI is InChI=1S/C19H15N5O3/c25-17(22-13-6-7-16(20-12-13)24-10-3-9-21-24)8-11-23-18(26)14-4-1-2-5-15(14)19(23)27/h1-7,9-10,12H,8,11H2,(H,22,25). The predicted molar refractivity (Wildman–Crippen MR) is 96.4 cm³/mol. The van der Waals surface area contributed by atoms with Crippen LogP contribution < -0.4 is 5.32 Å². The Balaban J connectivity index is 1.35. The molecule has 0 saturated heterocycles. The van der Waals surface area contributed by atoms with Crippen molar-refractivity contribution in [3.05, 3.63) is 72.2 Å². The van der Waals surface area contributed by atoms with Crippen LogP contribution in [0.25, 0.3) is 5.82 Å². The zero-order chi connectivity index (χ0) is 18.8. The summed E-state index contributed by atoms with van der Waals surface area (Å²) in [6.07, 6.45) is 4.95. The van der Waals surface area contributed by atoms with Crippen LogP contribution >= 0.6 is 0 Å². The number of amides is 3. The van der Waals surface area contributed by atoms with E-state index >= 15 is 0 Å². The van der Waals surface area contributed by atoms with Crippen molar-refractivity contribution in [2.45, 2.75) is 6.42 Å². The van der Waals surface area contributed by atoms with Gasteiger partial charge in [-0.15, -0.1) is 0 Å². The lowest BCUT2D eigenvalue weighted by Crippen LogP contribution is -2.32. The van der Waals surface area contributed by atoms with Gasteiger partial charge >= 0.3 is 0 Å². The fourth-order valence-corrected chi connectivity index (χ4v) is 2.88. The summed E-state index contributed by atoms with van der Waals surface area (Å²) >= 11 is 0. The molecule has 1 aliphatic rings. The Bertz CT molecular complexity index is 977. The highest BCUT2D eigenvalue weighted by Crippen LogP contribution is 2.22. The lowest BCUT2D eigenvalue weighted by Gasteiger charge is -2.13. The number of imide groups is 1. The van der Waals surface area contributed by atoms with Gasteiger partial charge in [0.1, 0.15) is 0 Å². The quantitative estimate of drug-likeness (QED) is 0.700. The average Bonchev–Trinajstić information content (AvgIpc) is 3.30. The first-order chi connectivity index (χ1) is 13.1. The largest absolute Gasteiger partial charge is 0.325 e. The summed E-state index contributed by atoms with van der Waals surface area (Å²) in [4.78, 5) is 42.1. The van der Waals surface area contributed by atoms with Crippen molar-refractivity contribution in [2.24, 2.45) is 0 Å². The molecule has 1 aliphatic heterocycles. The maximum absolute atomic E-state index is 12.3. The van der Waals surface area contributed by atoms with Gasteiger partial charge in [0.15, 0.2) is 5.82 Å². The van der Waals surface area contributed by atoms with E-state index in [2.05, 4.69) is 15.4 Å². The zero-order valence-corrected chi connectivity index (χ0v) is 14.2. The highest BCUT2D eigenvalue weighted by Gasteiger charge is 2.34. The van der Waals surface area contributed by atoms with Crippen LogP contribution in [0.2, 0.25) is 0 Å². The van der Waals surface area contributed by atoms with Crippen LogP contribution in [0.1, 0.15) is 27.1 Å². The fourth-order valence-electron chi connectivity index (χ4n) is 2.88. The van der Waals surface area contributed by atoms with Gasteiger partial charge in [-0.25, -0.2) is 9.67 Å². The van der Waals surface area contributed by atoms with E-state index in [4.69, 9.17) is 0 Å². The van der Waals surface area contributed by atoms with Crippen LogP contribution in [-0.2, 0) is 4.79 Å². The van der Waals surface area contributed by atoms with Crippen LogP contribution in [0.3, 0.4) is 0 Å². The summed E-state index contributed by atoms with van der Waals surface area (Å²) < 4.78 is 1.61. The molecule has 0 saturated carbocycles. The summed E-state index contributed by atoms with van der Waals surface area (Å²) in [5.74, 6) is -0.411. The topological polar surface area (TPSA) is 97.2 Å². The summed E-state index contributed by atoms with van der Waals surface area (Å²) in [5, 5.41) is 6.79. The molecule has 0 fully saturated rings. The molecular formula is C19H15N5O3. The molecule has 27 heavy (non-hydrogen) atoms. The second-order valence-corrected chi connectivity index (χ2v) is 5.96. The Morgan fingerprint density at radius 3 is 2.33 bits per heavy atom. The van der Waals surface area contributed by atoms with E-state index in [1.165, 1.54) is 6.20 Å². The van der Waals surface area contributed by atoms with E-state index < -0.39 is 0 Å². The second kappa shape index (κ2) is 6.83. The van der Waals surface area contributed by atoms with Crippen LogP contribution in [0, 0.1) is 0 Å². The van der Waals surface area contributed by atoms with Crippen LogP contribution in [0.15, 0.2) is 61.1 Å². The molecule has 3 aromatic rings. The van der Waals surface area contributed by atoms with E-state index in [0.29, 0.717) is 22.6 Å². The number of nitrogens with one attached hydrogen (secondary N) is 1. The van der Waals surface area contributed by atoms with E-state index in [0.717, 1.165) is 4.90 Å². The van der Waals surface area contributed by atoms with Crippen LogP contribution in [0.5, 0.6) is 0 Å². The molecule has 4 rings (SSSR count). The molecule has 0 bridgehead atoms. The normalized spacial score (nSPS) is 13.0. The number of benzene rings is 1. The summed E-state index contributed by atoms with van der Waals surface area (Å²) in [5.41, 5.74) is 1.28. The third kappa shape index (κ3) is 3.20. The van der Waals surface area contributed by atoms with Crippen molar-refractivity contribution < 1.29 is 14.4 Å². The smallest absolute Gasteiger partial charge is 0.261 e. The van der Waals surface area contributed by atoms with Crippen molar-refractivity contribution in [3.8, 4) is 5.82 Å². The highest BCUT2D eigenvalue weighted by molar-refractivity contribution is 6.21. The van der Waals surface area contributed by atoms with Crippen molar-refractivity contribution in [1.82, 2.24) is 19.7 Å². The molecule has 2 aromatic heterocycles. The van der Waals surface area contributed by atoms with E-state index in [1.807, 2.05) is 0 Å². The van der Waals surface area contributed by atoms with Crippen LogP contribution in [0.4, 0.5) is 5.69 Å². The van der Waals surface area contributed by atoms with Gasteiger partial charge in [-0.3, -0.25) is 19.3 Å². The van der Waals surface area contributed by atoms with Gasteiger partial charge in [-0.1, -0.05) is 12.1 Å². The molecule has 8 heteroatoms. The Hall–Kier alpha value is -3.81. The molecule has 3 amide bonds. The second-order valence-electron chi connectivity index (χ2n) is 5.96. The first-order valence-electron chi connectivity index (χ1n) is 8.34. The minimum absolute atomic E-state index is 0.00633. The average molecular weight is 361 g/mol. The number of rotatable bonds is 5. The van der Waals surface area contributed by atoms with Gasteiger partial charge < -0.3 is 5.32 Å². The Morgan fingerprint density at radius 2 is 1.74 bits per heavy atom. The zero-order valence-electron chi connectivity index (χ0n) is 14.2. The number of fused-ring (bicyclic) bond motifs is 1. The van der Waals surface area contributed by atoms with E-state index in [9.17, 15) is 14.4 Å². The fraction of sp³-hybridized carbons (Fsp3) is 0.105. The van der Waals surface area contributed by atoms with E-state index in [1.54, 1.807) is 59.5 Å². The first-order valence-corrected chi connectivity index (χ1v) is 8.34. The number of aromatic nitrogens is 3. The minimum atomic E-state index is -0.367. The van der Waals surface area contributed by atoms with Crippen molar-refractivity contribution in [3.63, 3.8) is 0 Å². The predicted octanol–water partition coefficient (Wildman–Crippen LogP) is 1.89. The third-order valence-corrected chi connectivity index (χ3v) is 4.21. The van der Waals surface area contributed by atoms with Gasteiger partial charge in [0.05, 0.1) is 23.0 Å². The molecular weight excluding hydrogens is 346 g/mol. The molecule has 0 spiro atoms. The maximum atomic E-state index is 12.3. The molecule has 8 nitrogen and oxygen atoms in total. The van der Waals surface area contributed by atoms with Crippen molar-refractivity contribution in [2.75, 3.05) is 11.9 Å². The molecule has 0 unspecified atom stereocenters. The van der Waals surface area contributed by atoms with Gasteiger partial charge in [0, 0.05) is 25.4 Å². The first kappa shape index (κ1) is 16.6. The van der Waals surface area contributed by atoms with Gasteiger partial charge in [-0.05, 0) is 30.3 Å². The lowest BCUT2D eigenvalue weighted by atomic mass is 10.1. The number of pyridine rings is 1. The number of hydrogen-bond acceptors (Lipinski definition) is 5. The Labute approximate surface area is 154 Å². The molecule has 0 aliphatic carbocycles. The van der Waals surface area contributed by atoms with E-state index in [-0.39, 0.29) is 30.7 Å². The highest BCUT2D eigenvalue weighted by atomic mass is 16.2. The molecule has 0 radical (unpaired) electrons. The monoisotopic (exact) mass is 361 g/mol. The molecule has 0 atom stereocenters. The van der Waals surface area contributed by atoms with Crippen molar-refractivity contribution >= 4 is 23.4 Å². The number of nitrogens with zero attached hydrogens (tertiary/aromatic N) is 4. The summed E-state index contributed by atoms with van der Waals surface area (Å²) in [6, 6.07) is 11.9. The number of anilines is 1. The molecule has 3 heterocycles. The number of carbonyl (C=O) groups is 3.